The van der Waals surface area contributed by atoms with E-state index in [1.807, 2.05) is 0 Å². The largest absolute Gasteiger partial charge is 0.387 e. The van der Waals surface area contributed by atoms with Gasteiger partial charge in [0.2, 0.25) is 5.91 Å². The Hall–Kier alpha value is -1.50. The van der Waals surface area contributed by atoms with Crippen molar-refractivity contribution in [3.8, 4) is 0 Å². The van der Waals surface area contributed by atoms with Gasteiger partial charge in [-0.05, 0) is 17.7 Å². The third-order valence-electron chi connectivity index (χ3n) is 2.49. The quantitative estimate of drug-likeness (QED) is 0.591. The second-order valence-corrected chi connectivity index (χ2v) is 4.04. The third kappa shape index (κ3) is 6.28. The molecule has 0 aliphatic rings. The molecule has 0 spiro atoms. The molecule has 1 unspecified atom stereocenters. The van der Waals surface area contributed by atoms with E-state index < -0.39 is 11.9 Å². The van der Waals surface area contributed by atoms with Crippen molar-refractivity contribution in [1.29, 1.82) is 0 Å². The molecule has 0 saturated carbocycles. The molecule has 1 atom stereocenters. The Morgan fingerprint density at radius 1 is 1.53 bits per heavy atom. The molecular weight excluding hydrogens is 251 g/mol. The second kappa shape index (κ2) is 8.58. The molecule has 0 heterocycles. The van der Waals surface area contributed by atoms with Crippen molar-refractivity contribution in [2.24, 2.45) is 0 Å². The summed E-state index contributed by atoms with van der Waals surface area (Å²) in [6, 6.07) is 5.75. The van der Waals surface area contributed by atoms with Gasteiger partial charge in [0.05, 0.1) is 19.3 Å². The van der Waals surface area contributed by atoms with Crippen LogP contribution in [0.5, 0.6) is 0 Å². The van der Waals surface area contributed by atoms with Gasteiger partial charge in [0.25, 0.3) is 0 Å². The number of benzene rings is 1. The van der Waals surface area contributed by atoms with Gasteiger partial charge in [-0.25, -0.2) is 4.39 Å². The number of amides is 1. The first kappa shape index (κ1) is 15.6. The molecule has 19 heavy (non-hydrogen) atoms. The minimum Gasteiger partial charge on any atom is -0.387 e. The predicted octanol–water partition coefficient (Wildman–Crippen LogP) is 0.211. The summed E-state index contributed by atoms with van der Waals surface area (Å²) in [5, 5.41) is 15.2. The van der Waals surface area contributed by atoms with E-state index in [2.05, 4.69) is 10.6 Å². The molecular formula is C13H19FN2O3. The maximum Gasteiger partial charge on any atom is 0.234 e. The zero-order valence-corrected chi connectivity index (χ0v) is 10.9. The molecule has 106 valence electrons. The van der Waals surface area contributed by atoms with Crippen molar-refractivity contribution in [3.05, 3.63) is 35.6 Å². The van der Waals surface area contributed by atoms with Crippen molar-refractivity contribution in [3.63, 3.8) is 0 Å². The molecule has 6 heteroatoms. The van der Waals surface area contributed by atoms with E-state index >= 15 is 0 Å². The van der Waals surface area contributed by atoms with Crippen LogP contribution in [0, 0.1) is 5.82 Å². The molecule has 0 aliphatic heterocycles. The molecule has 5 nitrogen and oxygen atoms in total. The van der Waals surface area contributed by atoms with Crippen LogP contribution in [0.4, 0.5) is 4.39 Å². The monoisotopic (exact) mass is 270 g/mol. The molecule has 0 saturated heterocycles. The summed E-state index contributed by atoms with van der Waals surface area (Å²) in [5.74, 6) is -0.572. The van der Waals surface area contributed by atoms with Crippen LogP contribution in [-0.4, -0.2) is 44.4 Å². The number of carbonyl (C=O) groups is 1. The SMILES string of the molecule is COCCNC(=O)CNCC(O)c1cccc(F)c1. The van der Waals surface area contributed by atoms with Gasteiger partial charge in [0, 0.05) is 20.2 Å². The lowest BCUT2D eigenvalue weighted by atomic mass is 10.1. The third-order valence-corrected chi connectivity index (χ3v) is 2.49. The van der Waals surface area contributed by atoms with Gasteiger partial charge in [0.15, 0.2) is 0 Å². The van der Waals surface area contributed by atoms with E-state index in [1.165, 1.54) is 18.2 Å². The van der Waals surface area contributed by atoms with E-state index in [9.17, 15) is 14.3 Å². The van der Waals surface area contributed by atoms with E-state index in [1.54, 1.807) is 13.2 Å². The first-order valence-corrected chi connectivity index (χ1v) is 6.03. The highest BCUT2D eigenvalue weighted by Gasteiger charge is 2.08. The molecule has 0 bridgehead atoms. The molecule has 1 aromatic rings. The van der Waals surface area contributed by atoms with Crippen molar-refractivity contribution in [2.75, 3.05) is 33.4 Å². The Labute approximate surface area is 111 Å². The predicted molar refractivity (Wildman–Crippen MR) is 69.1 cm³/mol. The maximum absolute atomic E-state index is 12.9. The minimum absolute atomic E-state index is 0.0933. The van der Waals surface area contributed by atoms with Crippen LogP contribution in [0.2, 0.25) is 0 Å². The Morgan fingerprint density at radius 3 is 3.00 bits per heavy atom. The van der Waals surface area contributed by atoms with Gasteiger partial charge >= 0.3 is 0 Å². The van der Waals surface area contributed by atoms with Crippen molar-refractivity contribution in [1.82, 2.24) is 10.6 Å². The fourth-order valence-corrected chi connectivity index (χ4v) is 1.51. The topological polar surface area (TPSA) is 70.6 Å². The molecule has 0 radical (unpaired) electrons. The lowest BCUT2D eigenvalue weighted by Crippen LogP contribution is -2.37. The zero-order valence-electron chi connectivity index (χ0n) is 10.9. The summed E-state index contributed by atoms with van der Waals surface area (Å²) < 4.78 is 17.7. The van der Waals surface area contributed by atoms with E-state index in [0.717, 1.165) is 0 Å². The van der Waals surface area contributed by atoms with Gasteiger partial charge in [-0.1, -0.05) is 12.1 Å². The number of aliphatic hydroxyl groups excluding tert-OH is 1. The molecule has 1 rings (SSSR count). The van der Waals surface area contributed by atoms with E-state index in [0.29, 0.717) is 18.7 Å². The first-order valence-electron chi connectivity index (χ1n) is 6.03. The van der Waals surface area contributed by atoms with Crippen LogP contribution in [0.3, 0.4) is 0 Å². The molecule has 0 aromatic heterocycles. The minimum atomic E-state index is -0.845. The maximum atomic E-state index is 12.9. The number of hydrogen-bond acceptors (Lipinski definition) is 4. The van der Waals surface area contributed by atoms with Crippen LogP contribution in [0.15, 0.2) is 24.3 Å². The lowest BCUT2D eigenvalue weighted by Gasteiger charge is -2.12. The van der Waals surface area contributed by atoms with Crippen LogP contribution in [0.1, 0.15) is 11.7 Å². The number of hydrogen-bond donors (Lipinski definition) is 3. The van der Waals surface area contributed by atoms with Crippen molar-refractivity contribution in [2.45, 2.75) is 6.10 Å². The summed E-state index contributed by atoms with van der Waals surface area (Å²) in [6.45, 7) is 1.18. The normalized spacial score (nSPS) is 12.2. The number of carbonyl (C=O) groups excluding carboxylic acids is 1. The van der Waals surface area contributed by atoms with E-state index in [4.69, 9.17) is 4.74 Å². The number of halogens is 1. The number of nitrogens with one attached hydrogen (secondary N) is 2. The lowest BCUT2D eigenvalue weighted by molar-refractivity contribution is -0.120. The summed E-state index contributed by atoms with van der Waals surface area (Å²) in [6.07, 6.45) is -0.845. The zero-order chi connectivity index (χ0) is 14.1. The highest BCUT2D eigenvalue weighted by atomic mass is 19.1. The fourth-order valence-electron chi connectivity index (χ4n) is 1.51. The number of ether oxygens (including phenoxy) is 1. The van der Waals surface area contributed by atoms with Crippen molar-refractivity contribution >= 4 is 5.91 Å². The summed E-state index contributed by atoms with van der Waals surface area (Å²) in [7, 11) is 1.56. The average Bonchev–Trinajstić information content (AvgIpc) is 2.39. The smallest absolute Gasteiger partial charge is 0.234 e. The van der Waals surface area contributed by atoms with Crippen molar-refractivity contribution < 1.29 is 19.0 Å². The summed E-state index contributed by atoms with van der Waals surface area (Å²) >= 11 is 0. The fraction of sp³-hybridized carbons (Fsp3) is 0.462. The Balaban J connectivity index is 2.23. The highest BCUT2D eigenvalue weighted by Crippen LogP contribution is 2.12. The summed E-state index contributed by atoms with van der Waals surface area (Å²) in [5.41, 5.74) is 0.479. The van der Waals surface area contributed by atoms with Crippen LogP contribution < -0.4 is 10.6 Å². The Bertz CT molecular complexity index is 401. The van der Waals surface area contributed by atoms with E-state index in [-0.39, 0.29) is 19.0 Å². The van der Waals surface area contributed by atoms with Crippen LogP contribution in [0.25, 0.3) is 0 Å². The Morgan fingerprint density at radius 2 is 2.32 bits per heavy atom. The van der Waals surface area contributed by atoms with Crippen LogP contribution in [-0.2, 0) is 9.53 Å². The van der Waals surface area contributed by atoms with Gasteiger partial charge in [-0.15, -0.1) is 0 Å². The van der Waals surface area contributed by atoms with Gasteiger partial charge < -0.3 is 20.5 Å². The number of rotatable bonds is 8. The van der Waals surface area contributed by atoms with Gasteiger partial charge in [-0.3, -0.25) is 4.79 Å². The molecule has 0 aliphatic carbocycles. The standard InChI is InChI=1S/C13H19FN2O3/c1-19-6-5-16-13(18)9-15-8-12(17)10-3-2-4-11(14)7-10/h2-4,7,12,15,17H,5-6,8-9H2,1H3,(H,16,18). The number of methoxy groups -OCH3 is 1. The average molecular weight is 270 g/mol. The summed E-state index contributed by atoms with van der Waals surface area (Å²) in [4.78, 5) is 11.3. The molecule has 0 fully saturated rings. The van der Waals surface area contributed by atoms with Gasteiger partial charge in [-0.2, -0.15) is 0 Å². The molecule has 3 N–H and O–H groups in total. The van der Waals surface area contributed by atoms with Crippen LogP contribution >= 0.6 is 0 Å². The highest BCUT2D eigenvalue weighted by molar-refractivity contribution is 5.77. The second-order valence-electron chi connectivity index (χ2n) is 4.04. The molecule has 1 aromatic carbocycles. The number of aliphatic hydroxyl groups is 1. The Kier molecular flexibility index (Phi) is 7.02. The first-order chi connectivity index (χ1) is 9.13. The molecule has 1 amide bonds. The van der Waals surface area contributed by atoms with Gasteiger partial charge in [0.1, 0.15) is 5.82 Å².